The molecule has 26 heavy (non-hydrogen) atoms. The van der Waals surface area contributed by atoms with Gasteiger partial charge in [-0.3, -0.25) is 0 Å². The van der Waals surface area contributed by atoms with Crippen LogP contribution < -0.4 is 21.1 Å². The first-order valence-electron chi connectivity index (χ1n) is 7.89. The topological polar surface area (TPSA) is 85.1 Å². The lowest BCUT2D eigenvalue weighted by molar-refractivity contribution is 0.340. The molecule has 1 heterocycles. The van der Waals surface area contributed by atoms with Crippen molar-refractivity contribution in [1.29, 1.82) is 0 Å². The minimum absolute atomic E-state index is 0.0672. The summed E-state index contributed by atoms with van der Waals surface area (Å²) in [6.07, 6.45) is 1.27. The van der Waals surface area contributed by atoms with E-state index >= 15 is 0 Å². The first-order valence-corrected chi connectivity index (χ1v) is 7.89. The van der Waals surface area contributed by atoms with Gasteiger partial charge < -0.3 is 21.1 Å². The van der Waals surface area contributed by atoms with Crippen molar-refractivity contribution < 1.29 is 13.5 Å². The molecule has 3 rings (SSSR count). The lowest BCUT2D eigenvalue weighted by Crippen LogP contribution is -2.06. The van der Waals surface area contributed by atoms with Crippen molar-refractivity contribution in [3.05, 3.63) is 60.4 Å². The molecule has 0 spiro atoms. The van der Waals surface area contributed by atoms with Gasteiger partial charge in [0, 0.05) is 11.8 Å². The Labute approximate surface area is 149 Å². The Bertz CT molecular complexity index is 903. The van der Waals surface area contributed by atoms with Crippen LogP contribution in [0.1, 0.15) is 6.92 Å². The van der Waals surface area contributed by atoms with E-state index in [0.717, 1.165) is 29.6 Å². The maximum absolute atomic E-state index is 13.8. The fraction of sp³-hybridized carbons (Fsp3) is 0.111. The van der Waals surface area contributed by atoms with Crippen molar-refractivity contribution in [3.8, 4) is 5.75 Å². The Hall–Kier alpha value is -3.42. The number of hydrogen-bond acceptors (Lipinski definition) is 6. The van der Waals surface area contributed by atoms with Crippen LogP contribution in [0.2, 0.25) is 0 Å². The highest BCUT2D eigenvalue weighted by Crippen LogP contribution is 2.29. The third-order valence-electron chi connectivity index (χ3n) is 3.49. The zero-order valence-electron chi connectivity index (χ0n) is 14.0. The molecule has 0 atom stereocenters. The van der Waals surface area contributed by atoms with Crippen LogP contribution in [-0.2, 0) is 0 Å². The van der Waals surface area contributed by atoms with Crippen LogP contribution in [0.4, 0.5) is 37.5 Å². The van der Waals surface area contributed by atoms with Gasteiger partial charge in [0.2, 0.25) is 0 Å². The van der Waals surface area contributed by atoms with E-state index in [1.54, 1.807) is 0 Å². The summed E-state index contributed by atoms with van der Waals surface area (Å²) in [6.45, 7) is 2.49. The monoisotopic (exact) mass is 357 g/mol. The molecule has 0 saturated heterocycles. The van der Waals surface area contributed by atoms with Gasteiger partial charge in [-0.25, -0.2) is 18.7 Å². The highest BCUT2D eigenvalue weighted by molar-refractivity contribution is 5.80. The van der Waals surface area contributed by atoms with Crippen LogP contribution in [0.15, 0.2) is 48.8 Å². The van der Waals surface area contributed by atoms with Crippen LogP contribution in [0, 0.1) is 11.6 Å². The van der Waals surface area contributed by atoms with Gasteiger partial charge >= 0.3 is 0 Å². The van der Waals surface area contributed by atoms with Crippen LogP contribution in [0.25, 0.3) is 0 Å². The third-order valence-corrected chi connectivity index (χ3v) is 3.49. The van der Waals surface area contributed by atoms with E-state index in [0.29, 0.717) is 12.4 Å². The molecule has 2 aromatic carbocycles. The zero-order chi connectivity index (χ0) is 18.5. The summed E-state index contributed by atoms with van der Waals surface area (Å²) in [5.74, 6) is 0.0544. The summed E-state index contributed by atoms with van der Waals surface area (Å²) >= 11 is 0. The molecule has 4 N–H and O–H groups in total. The second-order valence-electron chi connectivity index (χ2n) is 5.32. The first kappa shape index (κ1) is 17.4. The van der Waals surface area contributed by atoms with Crippen LogP contribution in [0.3, 0.4) is 0 Å². The Balaban J connectivity index is 1.81. The molecular weight excluding hydrogens is 340 g/mol. The van der Waals surface area contributed by atoms with E-state index in [2.05, 4.69) is 20.6 Å². The molecule has 6 nitrogen and oxygen atoms in total. The maximum atomic E-state index is 13.8. The van der Waals surface area contributed by atoms with Gasteiger partial charge in [-0.15, -0.1) is 0 Å². The third kappa shape index (κ3) is 3.97. The predicted octanol–water partition coefficient (Wildman–Crippen LogP) is 4.22. The van der Waals surface area contributed by atoms with Crippen molar-refractivity contribution in [2.24, 2.45) is 0 Å². The molecule has 8 heteroatoms. The average molecular weight is 357 g/mol. The molecule has 0 aliphatic carbocycles. The summed E-state index contributed by atoms with van der Waals surface area (Å²) < 4.78 is 32.5. The standard InChI is InChI=1S/C18H17F2N5O/c1-2-26-13-6-4-12(5-7-13)24-17-16(21)18(23-10-22-17)25-15-9-11(19)3-8-14(15)20/h3-10H,2,21H2,1H3,(H2,22,23,24,25). The Morgan fingerprint density at radius 2 is 1.69 bits per heavy atom. The van der Waals surface area contributed by atoms with Gasteiger partial charge in [-0.2, -0.15) is 0 Å². The molecule has 0 fully saturated rings. The second-order valence-corrected chi connectivity index (χ2v) is 5.32. The lowest BCUT2D eigenvalue weighted by Gasteiger charge is -2.13. The van der Waals surface area contributed by atoms with E-state index in [1.165, 1.54) is 6.33 Å². The normalized spacial score (nSPS) is 10.4. The van der Waals surface area contributed by atoms with Crippen LogP contribution in [0.5, 0.6) is 5.75 Å². The number of nitrogens with two attached hydrogens (primary N) is 1. The highest BCUT2D eigenvalue weighted by Gasteiger charge is 2.11. The van der Waals surface area contributed by atoms with Gasteiger partial charge in [0.15, 0.2) is 11.6 Å². The fourth-order valence-electron chi connectivity index (χ4n) is 2.25. The van der Waals surface area contributed by atoms with Crippen molar-refractivity contribution in [2.45, 2.75) is 6.92 Å². The van der Waals surface area contributed by atoms with Gasteiger partial charge in [-0.05, 0) is 43.3 Å². The lowest BCUT2D eigenvalue weighted by atomic mass is 10.2. The smallest absolute Gasteiger partial charge is 0.159 e. The summed E-state index contributed by atoms with van der Waals surface area (Å²) in [5.41, 5.74) is 6.90. The number of nitrogens with zero attached hydrogens (tertiary/aromatic N) is 2. The summed E-state index contributed by atoms with van der Waals surface area (Å²) in [6, 6.07) is 10.3. The fourth-order valence-corrected chi connectivity index (χ4v) is 2.25. The molecule has 0 radical (unpaired) electrons. The number of rotatable bonds is 6. The second kappa shape index (κ2) is 7.64. The molecular formula is C18H17F2N5O. The van der Waals surface area contributed by atoms with Crippen molar-refractivity contribution in [2.75, 3.05) is 23.0 Å². The molecule has 0 aliphatic rings. The number of anilines is 5. The molecule has 0 bridgehead atoms. The minimum atomic E-state index is -0.620. The van der Waals surface area contributed by atoms with Gasteiger partial charge in [0.05, 0.1) is 12.3 Å². The number of nitrogens with one attached hydrogen (secondary N) is 2. The number of halogens is 2. The quantitative estimate of drug-likeness (QED) is 0.612. The molecule has 0 unspecified atom stereocenters. The van der Waals surface area contributed by atoms with Crippen LogP contribution in [-0.4, -0.2) is 16.6 Å². The minimum Gasteiger partial charge on any atom is -0.494 e. The number of aromatic nitrogens is 2. The number of hydrogen-bond donors (Lipinski definition) is 3. The maximum Gasteiger partial charge on any atom is 0.159 e. The molecule has 0 aliphatic heterocycles. The van der Waals surface area contributed by atoms with E-state index in [1.807, 2.05) is 31.2 Å². The van der Waals surface area contributed by atoms with E-state index in [-0.39, 0.29) is 17.2 Å². The van der Waals surface area contributed by atoms with Gasteiger partial charge in [0.1, 0.15) is 29.4 Å². The highest BCUT2D eigenvalue weighted by atomic mass is 19.1. The Morgan fingerprint density at radius 3 is 2.38 bits per heavy atom. The van der Waals surface area contributed by atoms with Gasteiger partial charge in [-0.1, -0.05) is 0 Å². The summed E-state index contributed by atoms with van der Waals surface area (Å²) in [4.78, 5) is 8.08. The van der Waals surface area contributed by atoms with E-state index < -0.39 is 11.6 Å². The van der Waals surface area contributed by atoms with E-state index in [4.69, 9.17) is 10.5 Å². The molecule has 3 aromatic rings. The van der Waals surface area contributed by atoms with Gasteiger partial charge in [0.25, 0.3) is 0 Å². The largest absolute Gasteiger partial charge is 0.494 e. The van der Waals surface area contributed by atoms with Crippen molar-refractivity contribution in [3.63, 3.8) is 0 Å². The first-order chi connectivity index (χ1) is 12.6. The average Bonchev–Trinajstić information content (AvgIpc) is 2.63. The molecule has 1 aromatic heterocycles. The Kier molecular flexibility index (Phi) is 5.12. The SMILES string of the molecule is CCOc1ccc(Nc2ncnc(Nc3cc(F)ccc3F)c2N)cc1. The van der Waals surface area contributed by atoms with Crippen molar-refractivity contribution in [1.82, 2.24) is 9.97 Å². The molecule has 0 amide bonds. The number of benzene rings is 2. The molecule has 0 saturated carbocycles. The zero-order valence-corrected chi connectivity index (χ0v) is 14.0. The number of nitrogen functional groups attached to an aromatic ring is 1. The van der Waals surface area contributed by atoms with Crippen LogP contribution >= 0.6 is 0 Å². The molecule has 134 valence electrons. The summed E-state index contributed by atoms with van der Waals surface area (Å²) in [7, 11) is 0. The van der Waals surface area contributed by atoms with Crippen molar-refractivity contribution >= 4 is 28.7 Å². The Morgan fingerprint density at radius 1 is 1.00 bits per heavy atom. The predicted molar refractivity (Wildman–Crippen MR) is 97.0 cm³/mol. The van der Waals surface area contributed by atoms with E-state index in [9.17, 15) is 8.78 Å². The summed E-state index contributed by atoms with van der Waals surface area (Å²) in [5, 5.41) is 5.74. The number of ether oxygens (including phenoxy) is 1.